The predicted octanol–water partition coefficient (Wildman–Crippen LogP) is 2.95. The Hall–Kier alpha value is -1.59. The largest absolute Gasteiger partial charge is 0.493 e. The Labute approximate surface area is 122 Å². The van der Waals surface area contributed by atoms with Gasteiger partial charge in [-0.05, 0) is 31.0 Å². The molecule has 0 spiro atoms. The minimum atomic E-state index is -0.358. The lowest BCUT2D eigenvalue weighted by molar-refractivity contribution is 0.401. The maximum atomic E-state index is 13.0. The van der Waals surface area contributed by atoms with Crippen LogP contribution >= 0.6 is 11.6 Å². The third-order valence-electron chi connectivity index (χ3n) is 3.17. The van der Waals surface area contributed by atoms with Gasteiger partial charge in [-0.15, -0.1) is 0 Å². The summed E-state index contributed by atoms with van der Waals surface area (Å²) in [6.45, 7) is 2.68. The monoisotopic (exact) mass is 297 g/mol. The predicted molar refractivity (Wildman–Crippen MR) is 76.5 cm³/mol. The number of nitrogens with two attached hydrogens (primary N) is 1. The van der Waals surface area contributed by atoms with Gasteiger partial charge in [0.1, 0.15) is 5.82 Å². The van der Waals surface area contributed by atoms with Crippen LogP contribution < -0.4 is 10.5 Å². The molecule has 1 heterocycles. The van der Waals surface area contributed by atoms with Crippen molar-refractivity contribution in [1.29, 1.82) is 0 Å². The number of hydrogen-bond acceptors (Lipinski definition) is 3. The molecule has 1 unspecified atom stereocenters. The van der Waals surface area contributed by atoms with Gasteiger partial charge in [-0.2, -0.15) is 5.10 Å². The number of methoxy groups -OCH3 is 1. The summed E-state index contributed by atoms with van der Waals surface area (Å²) in [6.07, 6.45) is 2.13. The molecule has 0 aliphatic carbocycles. The lowest BCUT2D eigenvalue weighted by atomic mass is 10.0. The van der Waals surface area contributed by atoms with Gasteiger partial charge in [0.2, 0.25) is 0 Å². The van der Waals surface area contributed by atoms with E-state index in [1.54, 1.807) is 24.1 Å². The van der Waals surface area contributed by atoms with Gasteiger partial charge in [-0.1, -0.05) is 17.7 Å². The van der Waals surface area contributed by atoms with Crippen molar-refractivity contribution in [3.05, 3.63) is 46.5 Å². The van der Waals surface area contributed by atoms with Crippen molar-refractivity contribution < 1.29 is 9.13 Å². The van der Waals surface area contributed by atoms with Crippen LogP contribution in [0.15, 0.2) is 24.4 Å². The van der Waals surface area contributed by atoms with Crippen LogP contribution in [0, 0.1) is 5.82 Å². The average Bonchev–Trinajstić information content (AvgIpc) is 2.84. The van der Waals surface area contributed by atoms with Crippen LogP contribution in [0.4, 0.5) is 4.39 Å². The molecule has 0 saturated carbocycles. The summed E-state index contributed by atoms with van der Waals surface area (Å²) >= 11 is 6.03. The van der Waals surface area contributed by atoms with Crippen LogP contribution in [0.3, 0.4) is 0 Å². The van der Waals surface area contributed by atoms with E-state index in [-0.39, 0.29) is 11.9 Å². The Balaban J connectivity index is 2.27. The summed E-state index contributed by atoms with van der Waals surface area (Å²) in [5, 5.41) is 4.60. The molecule has 0 saturated heterocycles. The van der Waals surface area contributed by atoms with Crippen LogP contribution in [0.1, 0.15) is 24.2 Å². The lowest BCUT2D eigenvalue weighted by Crippen LogP contribution is -2.19. The number of hydrogen-bond donors (Lipinski definition) is 1. The quantitative estimate of drug-likeness (QED) is 0.923. The first-order chi connectivity index (χ1) is 9.56. The summed E-state index contributed by atoms with van der Waals surface area (Å²) in [5.74, 6) is 0.293. The van der Waals surface area contributed by atoms with E-state index in [2.05, 4.69) is 5.10 Å². The van der Waals surface area contributed by atoms with Crippen molar-refractivity contribution in [1.82, 2.24) is 9.78 Å². The molecule has 0 fully saturated rings. The summed E-state index contributed by atoms with van der Waals surface area (Å²) in [4.78, 5) is 0. The van der Waals surface area contributed by atoms with Crippen LogP contribution in [0.5, 0.6) is 5.75 Å². The minimum absolute atomic E-state index is 0.324. The van der Waals surface area contributed by atoms with Gasteiger partial charge in [0, 0.05) is 11.6 Å². The first-order valence-electron chi connectivity index (χ1n) is 6.36. The van der Waals surface area contributed by atoms with Crippen molar-refractivity contribution >= 4 is 11.6 Å². The molecular weight excluding hydrogens is 281 g/mol. The van der Waals surface area contributed by atoms with E-state index in [0.29, 0.717) is 23.7 Å². The van der Waals surface area contributed by atoms with Gasteiger partial charge >= 0.3 is 0 Å². The Morgan fingerprint density at radius 1 is 1.50 bits per heavy atom. The molecule has 108 valence electrons. The van der Waals surface area contributed by atoms with E-state index in [4.69, 9.17) is 22.1 Å². The summed E-state index contributed by atoms with van der Waals surface area (Å²) in [7, 11) is 1.58. The normalized spacial score (nSPS) is 12.4. The second-order valence-corrected chi connectivity index (χ2v) is 4.87. The van der Waals surface area contributed by atoms with E-state index in [1.807, 2.05) is 6.92 Å². The molecule has 2 N–H and O–H groups in total. The van der Waals surface area contributed by atoms with Crippen LogP contribution in [-0.4, -0.2) is 16.9 Å². The maximum absolute atomic E-state index is 13.0. The van der Waals surface area contributed by atoms with Gasteiger partial charge < -0.3 is 10.5 Å². The van der Waals surface area contributed by atoms with Crippen molar-refractivity contribution in [3.63, 3.8) is 0 Å². The summed E-state index contributed by atoms with van der Waals surface area (Å²) in [6, 6.07) is 3.99. The van der Waals surface area contributed by atoms with Gasteiger partial charge in [-0.3, -0.25) is 4.68 Å². The van der Waals surface area contributed by atoms with E-state index in [9.17, 15) is 4.39 Å². The van der Waals surface area contributed by atoms with E-state index >= 15 is 0 Å². The third-order valence-corrected chi connectivity index (χ3v) is 3.52. The van der Waals surface area contributed by atoms with Crippen LogP contribution in [0.25, 0.3) is 0 Å². The zero-order valence-electron chi connectivity index (χ0n) is 11.4. The van der Waals surface area contributed by atoms with Crippen LogP contribution in [0.2, 0.25) is 5.02 Å². The molecule has 0 bridgehead atoms. The molecule has 0 aliphatic rings. The molecule has 4 nitrogen and oxygen atoms in total. The molecule has 0 amide bonds. The molecule has 1 atom stereocenters. The molecule has 2 aromatic rings. The highest BCUT2D eigenvalue weighted by Crippen LogP contribution is 2.28. The number of aryl methyl sites for hydroxylation is 1. The first-order valence-corrected chi connectivity index (χ1v) is 6.73. The highest BCUT2D eigenvalue weighted by atomic mass is 35.5. The molecule has 0 aliphatic heterocycles. The molecule has 20 heavy (non-hydrogen) atoms. The van der Waals surface area contributed by atoms with Crippen molar-refractivity contribution in [2.45, 2.75) is 25.9 Å². The Bertz CT molecular complexity index is 579. The van der Waals surface area contributed by atoms with E-state index in [1.165, 1.54) is 12.1 Å². The van der Waals surface area contributed by atoms with Crippen LogP contribution in [-0.2, 0) is 13.0 Å². The minimum Gasteiger partial charge on any atom is -0.493 e. The Morgan fingerprint density at radius 3 is 2.85 bits per heavy atom. The van der Waals surface area contributed by atoms with Gasteiger partial charge in [0.15, 0.2) is 5.75 Å². The smallest absolute Gasteiger partial charge is 0.161 e. The SMILES string of the molecule is CCn1ncc(OC)c1C(N)Cc1ccc(F)cc1Cl. The van der Waals surface area contributed by atoms with Gasteiger partial charge in [0.05, 0.1) is 25.0 Å². The van der Waals surface area contributed by atoms with Crippen molar-refractivity contribution in [3.8, 4) is 5.75 Å². The fourth-order valence-electron chi connectivity index (χ4n) is 2.18. The Kier molecular flexibility index (Phi) is 4.62. The fraction of sp³-hybridized carbons (Fsp3) is 0.357. The molecular formula is C14H17ClFN3O. The zero-order chi connectivity index (χ0) is 14.7. The fourth-order valence-corrected chi connectivity index (χ4v) is 2.43. The summed E-state index contributed by atoms with van der Waals surface area (Å²) in [5.41, 5.74) is 7.85. The number of nitrogens with zero attached hydrogens (tertiary/aromatic N) is 2. The van der Waals surface area contributed by atoms with E-state index < -0.39 is 0 Å². The first kappa shape index (κ1) is 14.8. The molecule has 6 heteroatoms. The number of rotatable bonds is 5. The lowest BCUT2D eigenvalue weighted by Gasteiger charge is -2.16. The number of benzene rings is 1. The number of aromatic nitrogens is 2. The number of halogens is 2. The zero-order valence-corrected chi connectivity index (χ0v) is 12.2. The highest BCUT2D eigenvalue weighted by molar-refractivity contribution is 6.31. The highest BCUT2D eigenvalue weighted by Gasteiger charge is 2.19. The maximum Gasteiger partial charge on any atom is 0.161 e. The average molecular weight is 298 g/mol. The van der Waals surface area contributed by atoms with E-state index in [0.717, 1.165) is 11.3 Å². The topological polar surface area (TPSA) is 53.1 Å². The van der Waals surface area contributed by atoms with Crippen molar-refractivity contribution in [2.24, 2.45) is 5.73 Å². The second-order valence-electron chi connectivity index (χ2n) is 4.46. The molecule has 0 radical (unpaired) electrons. The summed E-state index contributed by atoms with van der Waals surface area (Å²) < 4.78 is 20.1. The molecule has 1 aromatic heterocycles. The second kappa shape index (κ2) is 6.24. The Morgan fingerprint density at radius 2 is 2.25 bits per heavy atom. The third kappa shape index (κ3) is 2.94. The standard InChI is InChI=1S/C14H17ClFN3O/c1-3-19-14(13(20-2)8-18-19)12(17)6-9-4-5-10(16)7-11(9)15/h4-5,7-8,12H,3,6,17H2,1-2H3. The molecule has 1 aromatic carbocycles. The molecule has 2 rings (SSSR count). The number of ether oxygens (including phenoxy) is 1. The van der Waals surface area contributed by atoms with Gasteiger partial charge in [-0.25, -0.2) is 4.39 Å². The van der Waals surface area contributed by atoms with Crippen molar-refractivity contribution in [2.75, 3.05) is 7.11 Å². The van der Waals surface area contributed by atoms with Gasteiger partial charge in [0.25, 0.3) is 0 Å².